The number of hydrogen-bond acceptors (Lipinski definition) is 5. The Kier molecular flexibility index (Phi) is 6.17. The fraction of sp³-hybridized carbons (Fsp3) is 0. The summed E-state index contributed by atoms with van der Waals surface area (Å²) < 4.78 is 27.2. The largest absolute Gasteiger partial charge is 0.455 e. The number of nitrogens with zero attached hydrogens (tertiary/aromatic N) is 1. The number of fused-ring (bicyclic) bond motifs is 13. The molecule has 5 nitrogen and oxygen atoms in total. The van der Waals surface area contributed by atoms with Crippen LogP contribution in [0.15, 0.2) is 181 Å². The molecule has 0 aliphatic carbocycles. The van der Waals surface area contributed by atoms with Crippen LogP contribution in [0.5, 0.6) is 0 Å². The lowest BCUT2D eigenvalue weighted by Crippen LogP contribution is -1.89. The van der Waals surface area contributed by atoms with Gasteiger partial charge in [0.1, 0.15) is 44.7 Å². The lowest BCUT2D eigenvalue weighted by Gasteiger charge is -2.13. The van der Waals surface area contributed by atoms with Gasteiger partial charge in [-0.2, -0.15) is 5.26 Å². The second-order valence-corrected chi connectivity index (χ2v) is 15.1. The molecule has 0 aliphatic rings. The maximum absolute atomic E-state index is 9.61. The van der Waals surface area contributed by atoms with Crippen molar-refractivity contribution in [3.8, 4) is 39.4 Å². The Balaban J connectivity index is 1.20. The second kappa shape index (κ2) is 11.5. The Morgan fingerprint density at radius 2 is 0.690 bits per heavy atom. The molecule has 0 fully saturated rings. The summed E-state index contributed by atoms with van der Waals surface area (Å²) in [5.74, 6) is 0. The van der Waals surface area contributed by atoms with E-state index < -0.39 is 0 Å². The van der Waals surface area contributed by atoms with Crippen LogP contribution in [-0.2, 0) is 0 Å². The van der Waals surface area contributed by atoms with Crippen molar-refractivity contribution in [2.45, 2.75) is 0 Å². The summed E-state index contributed by atoms with van der Waals surface area (Å²) in [5.41, 5.74) is 12.5. The van der Waals surface area contributed by atoms with E-state index in [9.17, 15) is 5.26 Å². The highest BCUT2D eigenvalue weighted by molar-refractivity contribution is 6.24. The maximum Gasteiger partial charge on any atom is 0.147 e. The summed E-state index contributed by atoms with van der Waals surface area (Å²) >= 11 is 0. The Morgan fingerprint density at radius 3 is 1.12 bits per heavy atom. The standard InChI is InChI=1S/C53H27NO4/c54-28-29-17-18-31-22-32(20-19-30(31)21-29)33-23-34(48-50-40(36-9-1-5-13-44(36)55-50)26-41-37-10-2-6-14-45(37)56-51(41)48)25-35(24-33)49-52-42(38-11-3-7-15-46(38)57-52)27-43-39-12-4-8-16-47(39)58-53(43)49/h1-27H. The van der Waals surface area contributed by atoms with Crippen LogP contribution in [0.1, 0.15) is 5.56 Å². The van der Waals surface area contributed by atoms with Crippen molar-refractivity contribution in [2.75, 3.05) is 0 Å². The van der Waals surface area contributed by atoms with Crippen LogP contribution in [0, 0.1) is 11.3 Å². The Hall–Kier alpha value is -8.07. The summed E-state index contributed by atoms with van der Waals surface area (Å²) in [5, 5.41) is 19.9. The number of rotatable bonds is 3. The maximum atomic E-state index is 9.61. The topological polar surface area (TPSA) is 76.3 Å². The summed E-state index contributed by atoms with van der Waals surface area (Å²) in [7, 11) is 0. The molecule has 0 atom stereocenters. The van der Waals surface area contributed by atoms with E-state index in [-0.39, 0.29) is 0 Å². The van der Waals surface area contributed by atoms with Crippen LogP contribution in [0.3, 0.4) is 0 Å². The first-order valence-corrected chi connectivity index (χ1v) is 19.3. The van der Waals surface area contributed by atoms with Gasteiger partial charge in [0.05, 0.1) is 22.8 Å². The molecule has 4 heterocycles. The zero-order valence-corrected chi connectivity index (χ0v) is 30.7. The smallest absolute Gasteiger partial charge is 0.147 e. The minimum absolute atomic E-state index is 0.632. The first-order valence-electron chi connectivity index (χ1n) is 19.3. The summed E-state index contributed by atoms with van der Waals surface area (Å²) in [6.07, 6.45) is 0. The van der Waals surface area contributed by atoms with E-state index in [1.54, 1.807) is 0 Å². The molecule has 0 spiro atoms. The van der Waals surface area contributed by atoms with Crippen molar-refractivity contribution in [2.24, 2.45) is 0 Å². The summed E-state index contributed by atoms with van der Waals surface area (Å²) in [6.45, 7) is 0. The van der Waals surface area contributed by atoms with E-state index >= 15 is 0 Å². The van der Waals surface area contributed by atoms with Crippen molar-refractivity contribution >= 4 is 98.5 Å². The Bertz CT molecular complexity index is 3560. The zero-order chi connectivity index (χ0) is 38.1. The lowest BCUT2D eigenvalue weighted by atomic mass is 9.90. The van der Waals surface area contributed by atoms with E-state index in [2.05, 4.69) is 103 Å². The van der Waals surface area contributed by atoms with Gasteiger partial charge in [0.2, 0.25) is 0 Å². The van der Waals surface area contributed by atoms with Crippen molar-refractivity contribution in [3.05, 3.63) is 169 Å². The fourth-order valence-corrected chi connectivity index (χ4v) is 9.17. The third kappa shape index (κ3) is 4.34. The van der Waals surface area contributed by atoms with Crippen LogP contribution >= 0.6 is 0 Å². The third-order valence-electron chi connectivity index (χ3n) is 11.8. The van der Waals surface area contributed by atoms with Crippen LogP contribution in [0.2, 0.25) is 0 Å². The normalized spacial score (nSPS) is 12.1. The summed E-state index contributed by atoms with van der Waals surface area (Å²) in [6, 6.07) is 58.4. The quantitative estimate of drug-likeness (QED) is 0.180. The molecule has 0 bridgehead atoms. The molecule has 0 radical (unpaired) electrons. The van der Waals surface area contributed by atoms with Gasteiger partial charge in [-0.05, 0) is 106 Å². The molecule has 0 N–H and O–H groups in total. The van der Waals surface area contributed by atoms with Gasteiger partial charge in [-0.3, -0.25) is 0 Å². The highest BCUT2D eigenvalue weighted by atomic mass is 16.4. The van der Waals surface area contributed by atoms with Gasteiger partial charge in [-0.25, -0.2) is 0 Å². The molecule has 0 unspecified atom stereocenters. The van der Waals surface area contributed by atoms with Crippen LogP contribution in [0.25, 0.3) is 132 Å². The Labute approximate surface area is 329 Å². The lowest BCUT2D eigenvalue weighted by molar-refractivity contribution is 0.657. The third-order valence-corrected chi connectivity index (χ3v) is 11.8. The molecule has 0 amide bonds. The number of nitriles is 1. The van der Waals surface area contributed by atoms with Gasteiger partial charge in [-0.15, -0.1) is 0 Å². The van der Waals surface area contributed by atoms with Crippen molar-refractivity contribution in [1.82, 2.24) is 0 Å². The first-order chi connectivity index (χ1) is 28.7. The van der Waals surface area contributed by atoms with Crippen molar-refractivity contribution < 1.29 is 17.7 Å². The number of hydrogen-bond donors (Lipinski definition) is 0. The van der Waals surface area contributed by atoms with E-state index in [1.165, 1.54) is 0 Å². The highest BCUT2D eigenvalue weighted by Crippen LogP contribution is 2.49. The molecule has 13 rings (SSSR count). The van der Waals surface area contributed by atoms with Gasteiger partial charge in [0.15, 0.2) is 0 Å². The summed E-state index contributed by atoms with van der Waals surface area (Å²) in [4.78, 5) is 0. The minimum atomic E-state index is 0.632. The van der Waals surface area contributed by atoms with E-state index in [4.69, 9.17) is 17.7 Å². The van der Waals surface area contributed by atoms with E-state index in [0.29, 0.717) is 5.56 Å². The predicted molar refractivity (Wildman–Crippen MR) is 234 cm³/mol. The fourth-order valence-electron chi connectivity index (χ4n) is 9.17. The van der Waals surface area contributed by atoms with Gasteiger partial charge in [-0.1, -0.05) is 91.0 Å². The average Bonchev–Trinajstić information content (AvgIpc) is 4.04. The number of benzene rings is 9. The van der Waals surface area contributed by atoms with E-state index in [0.717, 1.165) is 132 Å². The van der Waals surface area contributed by atoms with Gasteiger partial charge >= 0.3 is 0 Å². The van der Waals surface area contributed by atoms with Gasteiger partial charge in [0.25, 0.3) is 0 Å². The molecule has 0 aliphatic heterocycles. The molecule has 4 aromatic heterocycles. The molecular weight excluding hydrogens is 715 g/mol. The second-order valence-electron chi connectivity index (χ2n) is 15.1. The Morgan fingerprint density at radius 1 is 0.310 bits per heavy atom. The number of furan rings is 4. The van der Waals surface area contributed by atoms with Gasteiger partial charge in [0, 0.05) is 43.1 Å². The predicted octanol–water partition coefficient (Wildman–Crippen LogP) is 15.3. The van der Waals surface area contributed by atoms with E-state index in [1.807, 2.05) is 66.7 Å². The van der Waals surface area contributed by atoms with Crippen LogP contribution < -0.4 is 0 Å². The van der Waals surface area contributed by atoms with Crippen LogP contribution in [-0.4, -0.2) is 0 Å². The first kappa shape index (κ1) is 31.2. The average molecular weight is 742 g/mol. The van der Waals surface area contributed by atoms with Crippen LogP contribution in [0.4, 0.5) is 0 Å². The highest BCUT2D eigenvalue weighted by Gasteiger charge is 2.25. The monoisotopic (exact) mass is 741 g/mol. The molecule has 5 heteroatoms. The van der Waals surface area contributed by atoms with Crippen molar-refractivity contribution in [1.29, 1.82) is 5.26 Å². The van der Waals surface area contributed by atoms with Crippen molar-refractivity contribution in [3.63, 3.8) is 0 Å². The zero-order valence-electron chi connectivity index (χ0n) is 30.7. The molecule has 0 saturated carbocycles. The molecule has 268 valence electrons. The molecule has 13 aromatic rings. The molecular formula is C53H27NO4. The molecule has 0 saturated heterocycles. The van der Waals surface area contributed by atoms with Gasteiger partial charge < -0.3 is 17.7 Å². The molecule has 58 heavy (non-hydrogen) atoms. The SMILES string of the molecule is N#Cc1ccc2cc(-c3cc(-c4c5oc6ccccc6c5cc5c4oc4ccccc45)cc(-c4c5oc6ccccc6c5cc5c4oc4ccccc45)c3)ccc2c1. The molecule has 9 aromatic carbocycles. The minimum Gasteiger partial charge on any atom is -0.455 e. The number of para-hydroxylation sites is 4.